The minimum atomic E-state index is -2.99. The second-order valence-corrected chi connectivity index (χ2v) is 7.14. The summed E-state index contributed by atoms with van der Waals surface area (Å²) in [6, 6.07) is 0. The lowest BCUT2D eigenvalue weighted by atomic mass is 10.2. The van der Waals surface area contributed by atoms with Crippen molar-refractivity contribution in [3.8, 4) is 0 Å². The fraction of sp³-hybridized carbons (Fsp3) is 0.923. The summed E-state index contributed by atoms with van der Waals surface area (Å²) < 4.78 is 24.8. The average molecular weight is 432 g/mol. The lowest BCUT2D eigenvalue weighted by molar-refractivity contribution is 0.445. The first kappa shape index (κ1) is 20.9. The highest BCUT2D eigenvalue weighted by atomic mass is 127. The van der Waals surface area contributed by atoms with Crippen LogP contribution >= 0.6 is 24.0 Å². The van der Waals surface area contributed by atoms with E-state index in [-0.39, 0.29) is 29.7 Å². The molecule has 0 amide bonds. The first-order chi connectivity index (χ1) is 9.60. The van der Waals surface area contributed by atoms with Gasteiger partial charge in [-0.15, -0.1) is 24.0 Å². The van der Waals surface area contributed by atoms with Crippen LogP contribution in [0, 0.1) is 0 Å². The van der Waals surface area contributed by atoms with Gasteiger partial charge in [0.1, 0.15) is 0 Å². The van der Waals surface area contributed by atoms with Gasteiger partial charge in [0.25, 0.3) is 0 Å². The molecule has 21 heavy (non-hydrogen) atoms. The Morgan fingerprint density at radius 2 is 1.90 bits per heavy atom. The van der Waals surface area contributed by atoms with Gasteiger partial charge in [0, 0.05) is 33.2 Å². The van der Waals surface area contributed by atoms with Crippen LogP contribution in [0.3, 0.4) is 0 Å². The maximum atomic E-state index is 11.6. The minimum absolute atomic E-state index is 0. The Morgan fingerprint density at radius 3 is 2.48 bits per heavy atom. The van der Waals surface area contributed by atoms with Crippen molar-refractivity contribution in [3.63, 3.8) is 0 Å². The van der Waals surface area contributed by atoms with Gasteiger partial charge in [-0.25, -0.2) is 12.7 Å². The smallest absolute Gasteiger partial charge is 0.214 e. The molecule has 126 valence electrons. The molecule has 0 atom stereocenters. The molecule has 0 aliphatic carbocycles. The number of nitrogens with one attached hydrogen (secondary N) is 2. The van der Waals surface area contributed by atoms with Crippen LogP contribution in [0.2, 0.25) is 0 Å². The average Bonchev–Trinajstić information content (AvgIpc) is 2.75. The van der Waals surface area contributed by atoms with Crippen molar-refractivity contribution in [2.75, 3.05) is 39.0 Å². The third-order valence-corrected chi connectivity index (χ3v) is 5.36. The summed E-state index contributed by atoms with van der Waals surface area (Å²) >= 11 is 0. The Hall–Kier alpha value is -0.0900. The van der Waals surface area contributed by atoms with Gasteiger partial charge in [-0.3, -0.25) is 4.99 Å². The van der Waals surface area contributed by atoms with E-state index in [2.05, 4.69) is 22.5 Å². The second kappa shape index (κ2) is 11.5. The maximum Gasteiger partial charge on any atom is 0.214 e. The van der Waals surface area contributed by atoms with Gasteiger partial charge in [0.15, 0.2) is 5.96 Å². The molecule has 2 N–H and O–H groups in total. The Morgan fingerprint density at radius 1 is 1.19 bits per heavy atom. The number of hydrogen-bond donors (Lipinski definition) is 2. The molecule has 1 aliphatic heterocycles. The largest absolute Gasteiger partial charge is 0.356 e. The summed E-state index contributed by atoms with van der Waals surface area (Å²) in [5, 5.41) is 6.40. The summed E-state index contributed by atoms with van der Waals surface area (Å²) in [5.41, 5.74) is 0. The first-order valence-electron chi connectivity index (χ1n) is 7.52. The molecule has 1 rings (SSSR count). The number of sulfonamides is 1. The van der Waals surface area contributed by atoms with Crippen LogP contribution in [0.15, 0.2) is 4.99 Å². The number of halogens is 1. The summed E-state index contributed by atoms with van der Waals surface area (Å²) in [4.78, 5) is 4.13. The summed E-state index contributed by atoms with van der Waals surface area (Å²) in [6.45, 7) is 4.85. The van der Waals surface area contributed by atoms with Crippen molar-refractivity contribution < 1.29 is 8.42 Å². The summed E-state index contributed by atoms with van der Waals surface area (Å²) in [5.74, 6) is 1.04. The van der Waals surface area contributed by atoms with E-state index in [0.717, 1.165) is 25.3 Å². The van der Waals surface area contributed by atoms with Crippen molar-refractivity contribution >= 4 is 40.0 Å². The molecule has 0 spiro atoms. The number of guanidine groups is 1. The molecular weight excluding hydrogens is 403 g/mol. The molecule has 0 aromatic carbocycles. The third kappa shape index (κ3) is 8.20. The normalized spacial score (nSPS) is 18.3. The van der Waals surface area contributed by atoms with Crippen molar-refractivity contribution in [1.29, 1.82) is 0 Å². The Labute approximate surface area is 146 Å². The molecule has 0 radical (unpaired) electrons. The zero-order valence-corrected chi connectivity index (χ0v) is 16.2. The van der Waals surface area contributed by atoms with Crippen LogP contribution in [0.5, 0.6) is 0 Å². The highest BCUT2D eigenvalue weighted by Crippen LogP contribution is 2.11. The van der Waals surface area contributed by atoms with Gasteiger partial charge in [-0.2, -0.15) is 0 Å². The fourth-order valence-corrected chi connectivity index (χ4v) is 3.75. The summed E-state index contributed by atoms with van der Waals surface area (Å²) in [6.07, 6.45) is 5.60. The van der Waals surface area contributed by atoms with Crippen molar-refractivity contribution in [2.45, 2.75) is 39.0 Å². The van der Waals surface area contributed by atoms with Crippen molar-refractivity contribution in [3.05, 3.63) is 0 Å². The van der Waals surface area contributed by atoms with Gasteiger partial charge in [0.05, 0.1) is 5.75 Å². The first-order valence-corrected chi connectivity index (χ1v) is 9.13. The second-order valence-electron chi connectivity index (χ2n) is 5.06. The number of nitrogens with zero attached hydrogens (tertiary/aromatic N) is 2. The monoisotopic (exact) mass is 432 g/mol. The molecule has 1 aliphatic rings. The molecule has 6 nitrogen and oxygen atoms in total. The summed E-state index contributed by atoms with van der Waals surface area (Å²) in [7, 11) is -1.26. The SMILES string of the molecule is CCCCCCNC(=NC)NCCN1CCCS1(=O)=O.I. The number of rotatable bonds is 8. The number of hydrogen-bond acceptors (Lipinski definition) is 3. The van der Waals surface area contributed by atoms with Crippen LogP contribution in [0.25, 0.3) is 0 Å². The van der Waals surface area contributed by atoms with Gasteiger partial charge < -0.3 is 10.6 Å². The van der Waals surface area contributed by atoms with E-state index < -0.39 is 10.0 Å². The Balaban J connectivity index is 0.00000400. The number of aliphatic imine (C=N–C) groups is 1. The quantitative estimate of drug-likeness (QED) is 0.263. The molecule has 1 fully saturated rings. The molecule has 8 heteroatoms. The molecule has 0 unspecified atom stereocenters. The molecule has 0 aromatic heterocycles. The molecule has 1 saturated heterocycles. The molecule has 0 saturated carbocycles. The van der Waals surface area contributed by atoms with E-state index in [1.807, 2.05) is 0 Å². The van der Waals surface area contributed by atoms with Gasteiger partial charge in [-0.1, -0.05) is 26.2 Å². The molecule has 1 heterocycles. The van der Waals surface area contributed by atoms with E-state index in [1.54, 1.807) is 11.4 Å². The maximum absolute atomic E-state index is 11.6. The zero-order chi connectivity index (χ0) is 14.8. The van der Waals surface area contributed by atoms with E-state index in [4.69, 9.17) is 0 Å². The van der Waals surface area contributed by atoms with Crippen molar-refractivity contribution in [1.82, 2.24) is 14.9 Å². The molecule has 0 aromatic rings. The van der Waals surface area contributed by atoms with Crippen LogP contribution in [-0.2, 0) is 10.0 Å². The van der Waals surface area contributed by atoms with E-state index in [1.165, 1.54) is 19.3 Å². The van der Waals surface area contributed by atoms with Crippen LogP contribution in [0.1, 0.15) is 39.0 Å². The van der Waals surface area contributed by atoms with Gasteiger partial charge in [0.2, 0.25) is 10.0 Å². The van der Waals surface area contributed by atoms with Crippen LogP contribution < -0.4 is 10.6 Å². The van der Waals surface area contributed by atoms with E-state index >= 15 is 0 Å². The minimum Gasteiger partial charge on any atom is -0.356 e. The Kier molecular flexibility index (Phi) is 11.4. The van der Waals surface area contributed by atoms with Crippen LogP contribution in [0.4, 0.5) is 0 Å². The molecular formula is C13H29IN4O2S. The standard InChI is InChI=1S/C13H28N4O2S.HI/c1-3-4-5-6-8-15-13(14-2)16-9-11-17-10-7-12-20(17,18)19;/h3-12H2,1-2H3,(H2,14,15,16);1H. The lowest BCUT2D eigenvalue weighted by Gasteiger charge is -2.16. The number of unbranched alkanes of at least 4 members (excludes halogenated alkanes) is 3. The Bertz CT molecular complexity index is 401. The fourth-order valence-electron chi connectivity index (χ4n) is 2.22. The highest BCUT2D eigenvalue weighted by molar-refractivity contribution is 14.0. The predicted octanol–water partition coefficient (Wildman–Crippen LogP) is 1.39. The van der Waals surface area contributed by atoms with Gasteiger partial charge in [-0.05, 0) is 12.8 Å². The third-order valence-electron chi connectivity index (χ3n) is 3.40. The van der Waals surface area contributed by atoms with Gasteiger partial charge >= 0.3 is 0 Å². The van der Waals surface area contributed by atoms with E-state index in [9.17, 15) is 8.42 Å². The highest BCUT2D eigenvalue weighted by Gasteiger charge is 2.27. The van der Waals surface area contributed by atoms with E-state index in [0.29, 0.717) is 19.6 Å². The predicted molar refractivity (Wildman–Crippen MR) is 98.9 cm³/mol. The lowest BCUT2D eigenvalue weighted by Crippen LogP contribution is -2.42. The van der Waals surface area contributed by atoms with Crippen LogP contribution in [-0.4, -0.2) is 57.7 Å². The van der Waals surface area contributed by atoms with Crippen molar-refractivity contribution in [2.24, 2.45) is 4.99 Å². The topological polar surface area (TPSA) is 73.8 Å². The zero-order valence-electron chi connectivity index (χ0n) is 13.1. The molecule has 0 bridgehead atoms.